The highest BCUT2D eigenvalue weighted by molar-refractivity contribution is 5.92. The maximum Gasteiger partial charge on any atom is 0.287 e. The second-order valence-corrected chi connectivity index (χ2v) is 8.06. The van der Waals surface area contributed by atoms with Crippen LogP contribution in [0.15, 0.2) is 47.1 Å². The van der Waals surface area contributed by atoms with Gasteiger partial charge in [0.25, 0.3) is 5.91 Å². The SMILES string of the molecule is Cc1ccc(-c2ncn(C3CCCC3)c2-c2ccc(C(=O)NC3CC3)o2)cc1. The van der Waals surface area contributed by atoms with Crippen LogP contribution in [0.5, 0.6) is 0 Å². The van der Waals surface area contributed by atoms with Gasteiger partial charge in [0.05, 0.1) is 12.0 Å². The molecule has 0 spiro atoms. The molecule has 1 N–H and O–H groups in total. The molecule has 1 amide bonds. The number of nitrogens with zero attached hydrogens (tertiary/aromatic N) is 2. The maximum absolute atomic E-state index is 12.4. The number of furan rings is 1. The van der Waals surface area contributed by atoms with Crippen molar-refractivity contribution in [2.24, 2.45) is 0 Å². The first kappa shape index (κ1) is 17.3. The second-order valence-electron chi connectivity index (χ2n) is 8.06. The van der Waals surface area contributed by atoms with E-state index in [0.717, 1.165) is 42.6 Å². The Bertz CT molecular complexity index is 989. The third-order valence-corrected chi connectivity index (χ3v) is 5.81. The number of aryl methyl sites for hydroxylation is 1. The number of imidazole rings is 1. The molecular formula is C23H25N3O2. The minimum absolute atomic E-state index is 0.127. The number of carbonyl (C=O) groups is 1. The van der Waals surface area contributed by atoms with Crippen LogP contribution in [0.25, 0.3) is 22.7 Å². The Morgan fingerprint density at radius 3 is 2.54 bits per heavy atom. The number of hydrogen-bond acceptors (Lipinski definition) is 3. The number of carbonyl (C=O) groups excluding carboxylic acids is 1. The molecule has 1 aromatic carbocycles. The summed E-state index contributed by atoms with van der Waals surface area (Å²) in [5.41, 5.74) is 4.17. The topological polar surface area (TPSA) is 60.1 Å². The number of benzene rings is 1. The molecule has 0 aliphatic heterocycles. The highest BCUT2D eigenvalue weighted by Gasteiger charge is 2.28. The smallest absolute Gasteiger partial charge is 0.287 e. The van der Waals surface area contributed by atoms with Crippen molar-refractivity contribution in [2.45, 2.75) is 57.5 Å². The summed E-state index contributed by atoms with van der Waals surface area (Å²) in [6, 6.07) is 12.8. The van der Waals surface area contributed by atoms with Gasteiger partial charge in [-0.15, -0.1) is 0 Å². The van der Waals surface area contributed by atoms with Crippen LogP contribution in [0.3, 0.4) is 0 Å². The van der Waals surface area contributed by atoms with Gasteiger partial charge in [0.2, 0.25) is 0 Å². The maximum atomic E-state index is 12.4. The number of nitrogens with one attached hydrogen (secondary N) is 1. The minimum Gasteiger partial charge on any atom is -0.449 e. The van der Waals surface area contributed by atoms with E-state index in [2.05, 4.69) is 41.1 Å². The highest BCUT2D eigenvalue weighted by Crippen LogP contribution is 2.39. The van der Waals surface area contributed by atoms with E-state index < -0.39 is 0 Å². The first-order valence-corrected chi connectivity index (χ1v) is 10.2. The van der Waals surface area contributed by atoms with E-state index in [-0.39, 0.29) is 5.91 Å². The third kappa shape index (κ3) is 3.26. The van der Waals surface area contributed by atoms with Crippen LogP contribution in [-0.2, 0) is 0 Å². The summed E-state index contributed by atoms with van der Waals surface area (Å²) >= 11 is 0. The van der Waals surface area contributed by atoms with E-state index in [4.69, 9.17) is 9.40 Å². The Kier molecular flexibility index (Phi) is 4.30. The van der Waals surface area contributed by atoms with E-state index in [9.17, 15) is 4.79 Å². The molecule has 2 aromatic heterocycles. The van der Waals surface area contributed by atoms with E-state index in [0.29, 0.717) is 23.6 Å². The molecule has 2 heterocycles. The van der Waals surface area contributed by atoms with Gasteiger partial charge in [-0.2, -0.15) is 0 Å². The van der Waals surface area contributed by atoms with E-state index in [1.54, 1.807) is 6.07 Å². The predicted molar refractivity (Wildman–Crippen MR) is 108 cm³/mol. The Hall–Kier alpha value is -2.82. The molecule has 5 nitrogen and oxygen atoms in total. The van der Waals surface area contributed by atoms with Gasteiger partial charge in [0.15, 0.2) is 11.5 Å². The van der Waals surface area contributed by atoms with Crippen molar-refractivity contribution in [1.82, 2.24) is 14.9 Å². The lowest BCUT2D eigenvalue weighted by Gasteiger charge is -2.15. The second kappa shape index (κ2) is 6.97. The van der Waals surface area contributed by atoms with Crippen molar-refractivity contribution < 1.29 is 9.21 Å². The van der Waals surface area contributed by atoms with Gasteiger partial charge >= 0.3 is 0 Å². The van der Waals surface area contributed by atoms with Crippen LogP contribution in [0.2, 0.25) is 0 Å². The van der Waals surface area contributed by atoms with Crippen molar-refractivity contribution in [3.05, 3.63) is 54.0 Å². The Morgan fingerprint density at radius 2 is 1.82 bits per heavy atom. The Morgan fingerprint density at radius 1 is 1.07 bits per heavy atom. The summed E-state index contributed by atoms with van der Waals surface area (Å²) in [6.45, 7) is 2.08. The lowest BCUT2D eigenvalue weighted by Crippen LogP contribution is -2.24. The van der Waals surface area contributed by atoms with Crippen LogP contribution in [0.1, 0.15) is 60.7 Å². The van der Waals surface area contributed by atoms with Crippen LogP contribution in [-0.4, -0.2) is 21.5 Å². The van der Waals surface area contributed by atoms with Gasteiger partial charge in [-0.25, -0.2) is 4.98 Å². The molecule has 0 saturated heterocycles. The lowest BCUT2D eigenvalue weighted by molar-refractivity contribution is 0.0924. The minimum atomic E-state index is -0.127. The van der Waals surface area contributed by atoms with Crippen molar-refractivity contribution in [3.8, 4) is 22.7 Å². The van der Waals surface area contributed by atoms with Gasteiger partial charge in [-0.05, 0) is 44.7 Å². The molecule has 2 fully saturated rings. The first-order chi connectivity index (χ1) is 13.7. The molecule has 0 atom stereocenters. The van der Waals surface area contributed by atoms with Crippen LogP contribution in [0.4, 0.5) is 0 Å². The van der Waals surface area contributed by atoms with Gasteiger partial charge in [0, 0.05) is 17.6 Å². The first-order valence-electron chi connectivity index (χ1n) is 10.2. The molecule has 3 aromatic rings. The number of amides is 1. The van der Waals surface area contributed by atoms with Crippen molar-refractivity contribution in [2.75, 3.05) is 0 Å². The van der Waals surface area contributed by atoms with E-state index >= 15 is 0 Å². The fourth-order valence-electron chi connectivity index (χ4n) is 4.06. The monoisotopic (exact) mass is 375 g/mol. The summed E-state index contributed by atoms with van der Waals surface area (Å²) in [6.07, 6.45) is 8.87. The molecule has 2 aliphatic rings. The number of rotatable bonds is 5. The third-order valence-electron chi connectivity index (χ3n) is 5.81. The molecule has 5 heteroatoms. The summed E-state index contributed by atoms with van der Waals surface area (Å²) in [4.78, 5) is 17.1. The van der Waals surface area contributed by atoms with Gasteiger partial charge in [0.1, 0.15) is 5.69 Å². The quantitative estimate of drug-likeness (QED) is 0.673. The van der Waals surface area contributed by atoms with Crippen LogP contribution in [0, 0.1) is 6.92 Å². The van der Waals surface area contributed by atoms with E-state index in [1.807, 2.05) is 12.4 Å². The average molecular weight is 375 g/mol. The van der Waals surface area contributed by atoms with Crippen molar-refractivity contribution in [3.63, 3.8) is 0 Å². The predicted octanol–water partition coefficient (Wildman–Crippen LogP) is 5.13. The summed E-state index contributed by atoms with van der Waals surface area (Å²) in [5.74, 6) is 0.953. The van der Waals surface area contributed by atoms with Crippen molar-refractivity contribution in [1.29, 1.82) is 0 Å². The molecule has 2 saturated carbocycles. The highest BCUT2D eigenvalue weighted by atomic mass is 16.4. The zero-order valence-corrected chi connectivity index (χ0v) is 16.1. The normalized spacial score (nSPS) is 17.2. The fourth-order valence-corrected chi connectivity index (χ4v) is 4.06. The van der Waals surface area contributed by atoms with Gasteiger partial charge < -0.3 is 14.3 Å². The van der Waals surface area contributed by atoms with Crippen molar-refractivity contribution >= 4 is 5.91 Å². The van der Waals surface area contributed by atoms with Crippen LogP contribution >= 0.6 is 0 Å². The summed E-state index contributed by atoms with van der Waals surface area (Å²) in [7, 11) is 0. The summed E-state index contributed by atoms with van der Waals surface area (Å²) < 4.78 is 8.29. The molecule has 0 bridgehead atoms. The average Bonchev–Trinajstić information content (AvgIpc) is 3.14. The molecule has 0 radical (unpaired) electrons. The lowest BCUT2D eigenvalue weighted by atomic mass is 10.1. The Labute approximate surface area is 164 Å². The number of hydrogen-bond donors (Lipinski definition) is 1. The van der Waals surface area contributed by atoms with E-state index in [1.165, 1.54) is 18.4 Å². The molecule has 2 aliphatic carbocycles. The standard InChI is InChI=1S/C23H25N3O2/c1-15-6-8-16(9-7-15)21-22(26(14-24-21)18-4-2-3-5-18)19-12-13-20(28-19)23(27)25-17-10-11-17/h6-9,12-14,17-18H,2-5,10-11H2,1H3,(H,25,27). The number of aromatic nitrogens is 2. The molecular weight excluding hydrogens is 350 g/mol. The molecule has 28 heavy (non-hydrogen) atoms. The molecule has 0 unspecified atom stereocenters. The zero-order chi connectivity index (χ0) is 19.1. The Balaban J connectivity index is 1.56. The van der Waals surface area contributed by atoms with Gasteiger partial charge in [-0.3, -0.25) is 4.79 Å². The van der Waals surface area contributed by atoms with Crippen LogP contribution < -0.4 is 5.32 Å². The molecule has 144 valence electrons. The fraction of sp³-hybridized carbons (Fsp3) is 0.391. The van der Waals surface area contributed by atoms with Gasteiger partial charge in [-0.1, -0.05) is 42.7 Å². The molecule has 5 rings (SSSR count). The summed E-state index contributed by atoms with van der Waals surface area (Å²) in [5, 5.41) is 3.00. The zero-order valence-electron chi connectivity index (χ0n) is 16.1. The largest absolute Gasteiger partial charge is 0.449 e.